The van der Waals surface area contributed by atoms with E-state index in [1.165, 1.54) is 32.1 Å². The zero-order valence-electron chi connectivity index (χ0n) is 10.1. The van der Waals surface area contributed by atoms with Crippen LogP contribution in [-0.2, 0) is 4.74 Å². The molecule has 14 heavy (non-hydrogen) atoms. The van der Waals surface area contributed by atoms with Gasteiger partial charge in [-0.1, -0.05) is 31.9 Å². The molecule has 1 heteroatoms. The molecule has 0 heterocycles. The quantitative estimate of drug-likeness (QED) is 0.396. The highest BCUT2D eigenvalue weighted by molar-refractivity contribution is 4.76. The lowest BCUT2D eigenvalue weighted by molar-refractivity contribution is 0.0590. The van der Waals surface area contributed by atoms with E-state index in [2.05, 4.69) is 32.9 Å². The van der Waals surface area contributed by atoms with Gasteiger partial charge in [0.25, 0.3) is 0 Å². The van der Waals surface area contributed by atoms with E-state index in [1.54, 1.807) is 0 Å². The van der Waals surface area contributed by atoms with Gasteiger partial charge in [-0.3, -0.25) is 0 Å². The van der Waals surface area contributed by atoms with E-state index in [9.17, 15) is 0 Å². The molecule has 0 bridgehead atoms. The minimum atomic E-state index is 0.455. The summed E-state index contributed by atoms with van der Waals surface area (Å²) in [5.41, 5.74) is 0. The lowest BCUT2D eigenvalue weighted by Gasteiger charge is -2.11. The van der Waals surface area contributed by atoms with E-state index in [4.69, 9.17) is 4.74 Å². The van der Waals surface area contributed by atoms with Crippen LogP contribution in [0.3, 0.4) is 0 Å². The van der Waals surface area contributed by atoms with Crippen LogP contribution in [0, 0.1) is 0 Å². The predicted molar refractivity (Wildman–Crippen MR) is 63.6 cm³/mol. The molecule has 0 saturated heterocycles. The lowest BCUT2D eigenvalue weighted by atomic mass is 10.1. The summed E-state index contributed by atoms with van der Waals surface area (Å²) in [5.74, 6) is 0. The van der Waals surface area contributed by atoms with Crippen LogP contribution >= 0.6 is 0 Å². The monoisotopic (exact) mass is 198 g/mol. The Morgan fingerprint density at radius 3 is 2.64 bits per heavy atom. The Hall–Kier alpha value is -0.300. The zero-order chi connectivity index (χ0) is 10.6. The van der Waals surface area contributed by atoms with Crippen molar-refractivity contribution in [3.8, 4) is 0 Å². The summed E-state index contributed by atoms with van der Waals surface area (Å²) in [6, 6.07) is 0. The minimum Gasteiger partial charge on any atom is -0.379 e. The molecule has 0 aromatic heterocycles. The number of hydrogen-bond acceptors (Lipinski definition) is 1. The van der Waals surface area contributed by atoms with Gasteiger partial charge in [-0.15, -0.1) is 0 Å². The molecule has 0 aliphatic rings. The largest absolute Gasteiger partial charge is 0.379 e. The van der Waals surface area contributed by atoms with Gasteiger partial charge in [0.1, 0.15) is 0 Å². The van der Waals surface area contributed by atoms with Crippen molar-refractivity contribution < 1.29 is 4.74 Å². The summed E-state index contributed by atoms with van der Waals surface area (Å²) in [5, 5.41) is 0. The normalized spacial score (nSPS) is 13.6. The first-order valence-electron chi connectivity index (χ1n) is 6.04. The van der Waals surface area contributed by atoms with Crippen LogP contribution in [0.5, 0.6) is 0 Å². The minimum absolute atomic E-state index is 0.455. The van der Waals surface area contributed by atoms with Crippen molar-refractivity contribution in [3.05, 3.63) is 12.2 Å². The maximum atomic E-state index is 5.60. The van der Waals surface area contributed by atoms with Crippen molar-refractivity contribution in [2.24, 2.45) is 0 Å². The third kappa shape index (κ3) is 9.79. The van der Waals surface area contributed by atoms with Crippen LogP contribution in [-0.4, -0.2) is 12.7 Å². The third-order valence-electron chi connectivity index (χ3n) is 2.32. The number of unbranched alkanes of at least 4 members (excludes halogenated alkanes) is 3. The molecule has 0 N–H and O–H groups in total. The van der Waals surface area contributed by atoms with Gasteiger partial charge in [-0.2, -0.15) is 0 Å². The summed E-state index contributed by atoms with van der Waals surface area (Å²) in [6.07, 6.45) is 12.4. The smallest absolute Gasteiger partial charge is 0.0547 e. The molecule has 0 aromatic carbocycles. The van der Waals surface area contributed by atoms with Gasteiger partial charge in [-0.25, -0.2) is 0 Å². The average Bonchev–Trinajstić information content (AvgIpc) is 2.20. The summed E-state index contributed by atoms with van der Waals surface area (Å²) in [7, 11) is 0. The van der Waals surface area contributed by atoms with Crippen molar-refractivity contribution in [1.82, 2.24) is 0 Å². The molecule has 0 amide bonds. The van der Waals surface area contributed by atoms with Crippen molar-refractivity contribution in [2.75, 3.05) is 6.61 Å². The molecule has 1 unspecified atom stereocenters. The van der Waals surface area contributed by atoms with Gasteiger partial charge in [0.05, 0.1) is 6.10 Å². The van der Waals surface area contributed by atoms with E-state index >= 15 is 0 Å². The number of allylic oxidation sites excluding steroid dienone is 2. The van der Waals surface area contributed by atoms with E-state index < -0.39 is 0 Å². The Labute approximate surface area is 89.5 Å². The third-order valence-corrected chi connectivity index (χ3v) is 2.32. The Kier molecular flexibility index (Phi) is 10.5. The van der Waals surface area contributed by atoms with E-state index in [1.807, 2.05) is 0 Å². The Morgan fingerprint density at radius 1 is 1.21 bits per heavy atom. The average molecular weight is 198 g/mol. The second-order valence-electron chi connectivity index (χ2n) is 3.89. The van der Waals surface area contributed by atoms with Gasteiger partial charge < -0.3 is 4.74 Å². The molecular formula is C13H26O. The van der Waals surface area contributed by atoms with Crippen LogP contribution < -0.4 is 0 Å². The first-order chi connectivity index (χ1) is 6.81. The van der Waals surface area contributed by atoms with Crippen LogP contribution in [0.25, 0.3) is 0 Å². The SMILES string of the molecule is C/C=C/CCCCCC(C)OCCC. The van der Waals surface area contributed by atoms with Gasteiger partial charge in [0.2, 0.25) is 0 Å². The van der Waals surface area contributed by atoms with Crippen molar-refractivity contribution in [2.45, 2.75) is 65.4 Å². The first-order valence-corrected chi connectivity index (χ1v) is 6.04. The van der Waals surface area contributed by atoms with Crippen molar-refractivity contribution in [1.29, 1.82) is 0 Å². The molecule has 84 valence electrons. The molecule has 0 aliphatic carbocycles. The standard InChI is InChI=1S/C13H26O/c1-4-6-7-8-9-10-11-13(3)14-12-5-2/h4,6,13H,5,7-12H2,1-3H3/b6-4+. The molecule has 0 saturated carbocycles. The highest BCUT2D eigenvalue weighted by Crippen LogP contribution is 2.08. The fraction of sp³-hybridized carbons (Fsp3) is 0.846. The molecule has 0 fully saturated rings. The number of rotatable bonds is 9. The van der Waals surface area contributed by atoms with Gasteiger partial charge in [0, 0.05) is 6.61 Å². The molecule has 0 radical (unpaired) electrons. The van der Waals surface area contributed by atoms with Crippen molar-refractivity contribution >= 4 is 0 Å². The van der Waals surface area contributed by atoms with Crippen LogP contribution in [0.2, 0.25) is 0 Å². The van der Waals surface area contributed by atoms with Gasteiger partial charge >= 0.3 is 0 Å². The molecule has 0 spiro atoms. The molecular weight excluding hydrogens is 172 g/mol. The summed E-state index contributed by atoms with van der Waals surface area (Å²) in [6.45, 7) is 7.34. The zero-order valence-corrected chi connectivity index (χ0v) is 10.1. The maximum absolute atomic E-state index is 5.60. The second kappa shape index (κ2) is 10.8. The second-order valence-corrected chi connectivity index (χ2v) is 3.89. The first kappa shape index (κ1) is 13.7. The Bertz CT molecular complexity index is 129. The van der Waals surface area contributed by atoms with Crippen LogP contribution in [0.4, 0.5) is 0 Å². The maximum Gasteiger partial charge on any atom is 0.0547 e. The fourth-order valence-electron chi connectivity index (χ4n) is 1.44. The summed E-state index contributed by atoms with van der Waals surface area (Å²) in [4.78, 5) is 0. The number of hydrogen-bond donors (Lipinski definition) is 0. The van der Waals surface area contributed by atoms with Crippen LogP contribution in [0.15, 0.2) is 12.2 Å². The van der Waals surface area contributed by atoms with Gasteiger partial charge in [0.15, 0.2) is 0 Å². The molecule has 1 atom stereocenters. The van der Waals surface area contributed by atoms with Crippen LogP contribution in [0.1, 0.15) is 59.3 Å². The number of ether oxygens (including phenoxy) is 1. The molecule has 0 aromatic rings. The molecule has 0 rings (SSSR count). The highest BCUT2D eigenvalue weighted by Gasteiger charge is 2.00. The predicted octanol–water partition coefficient (Wildman–Crippen LogP) is 4.33. The van der Waals surface area contributed by atoms with Crippen molar-refractivity contribution in [3.63, 3.8) is 0 Å². The molecule has 1 nitrogen and oxygen atoms in total. The highest BCUT2D eigenvalue weighted by atomic mass is 16.5. The van der Waals surface area contributed by atoms with E-state index in [-0.39, 0.29) is 0 Å². The van der Waals surface area contributed by atoms with E-state index in [0.29, 0.717) is 6.10 Å². The summed E-state index contributed by atoms with van der Waals surface area (Å²) >= 11 is 0. The molecule has 0 aliphatic heterocycles. The lowest BCUT2D eigenvalue weighted by Crippen LogP contribution is -2.08. The van der Waals surface area contributed by atoms with E-state index in [0.717, 1.165) is 13.0 Å². The topological polar surface area (TPSA) is 9.23 Å². The fourth-order valence-corrected chi connectivity index (χ4v) is 1.44. The van der Waals surface area contributed by atoms with Gasteiger partial charge in [-0.05, 0) is 39.5 Å². The summed E-state index contributed by atoms with van der Waals surface area (Å²) < 4.78 is 5.60. The Morgan fingerprint density at radius 2 is 2.00 bits per heavy atom. The Balaban J connectivity index is 3.10.